The van der Waals surface area contributed by atoms with Gasteiger partial charge in [0.1, 0.15) is 0 Å². The quantitative estimate of drug-likeness (QED) is 0.525. The zero-order valence-corrected chi connectivity index (χ0v) is 9.69. The van der Waals surface area contributed by atoms with Crippen molar-refractivity contribution in [1.29, 1.82) is 0 Å². The lowest BCUT2D eigenvalue weighted by atomic mass is 10.1. The maximum atomic E-state index is 11.1. The number of ether oxygens (including phenoxy) is 2. The zero-order chi connectivity index (χ0) is 11.8. The fraction of sp³-hybridized carbons (Fsp3) is 0.750. The first-order valence-corrected chi connectivity index (χ1v) is 5.94. The van der Waals surface area contributed by atoms with Gasteiger partial charge in [-0.2, -0.15) is 0 Å². The van der Waals surface area contributed by atoms with Crippen LogP contribution in [0.15, 0.2) is 0 Å². The van der Waals surface area contributed by atoms with E-state index in [2.05, 4.69) is 9.47 Å². The molecule has 0 fully saturated rings. The molecule has 0 bridgehead atoms. The largest absolute Gasteiger partial charge is 0.469 e. The summed E-state index contributed by atoms with van der Waals surface area (Å²) in [6, 6.07) is 0. The van der Waals surface area contributed by atoms with E-state index in [4.69, 9.17) is 4.89 Å². The summed E-state index contributed by atoms with van der Waals surface area (Å²) in [5.74, 6) is -1.75. The SMILES string of the molecule is COC(=O)CCC(C[PH](=O)O)C(=O)OC. The van der Waals surface area contributed by atoms with Crippen LogP contribution in [0.25, 0.3) is 0 Å². The van der Waals surface area contributed by atoms with Gasteiger partial charge in [-0.3, -0.25) is 14.2 Å². The van der Waals surface area contributed by atoms with Crippen molar-refractivity contribution < 1.29 is 28.5 Å². The minimum atomic E-state index is -2.74. The highest BCUT2D eigenvalue weighted by Gasteiger charge is 2.22. The molecule has 7 heteroatoms. The molecule has 0 aromatic carbocycles. The number of esters is 2. The molecule has 88 valence electrons. The molecule has 0 aliphatic carbocycles. The average molecular weight is 238 g/mol. The van der Waals surface area contributed by atoms with Gasteiger partial charge in [-0.15, -0.1) is 0 Å². The molecule has 0 aromatic heterocycles. The number of rotatable bonds is 6. The molecule has 0 rings (SSSR count). The van der Waals surface area contributed by atoms with E-state index in [9.17, 15) is 14.2 Å². The van der Waals surface area contributed by atoms with Crippen LogP contribution in [0.5, 0.6) is 0 Å². The second-order valence-corrected chi connectivity index (χ2v) is 4.13. The highest BCUT2D eigenvalue weighted by Crippen LogP contribution is 2.22. The number of methoxy groups -OCH3 is 2. The minimum Gasteiger partial charge on any atom is -0.469 e. The predicted molar refractivity (Wildman–Crippen MR) is 52.8 cm³/mol. The van der Waals surface area contributed by atoms with E-state index in [1.807, 2.05) is 0 Å². The summed E-state index contributed by atoms with van der Waals surface area (Å²) in [6.45, 7) is 0. The van der Waals surface area contributed by atoms with Gasteiger partial charge in [-0.25, -0.2) is 0 Å². The van der Waals surface area contributed by atoms with Gasteiger partial charge in [0.05, 0.1) is 20.1 Å². The minimum absolute atomic E-state index is 0.0331. The summed E-state index contributed by atoms with van der Waals surface area (Å²) >= 11 is 0. The predicted octanol–water partition coefficient (Wildman–Crippen LogP) is 0.196. The van der Waals surface area contributed by atoms with Gasteiger partial charge in [-0.05, 0) is 6.42 Å². The molecule has 0 radical (unpaired) electrons. The fourth-order valence-electron chi connectivity index (χ4n) is 1.07. The van der Waals surface area contributed by atoms with E-state index >= 15 is 0 Å². The molecule has 0 saturated heterocycles. The maximum absolute atomic E-state index is 11.1. The van der Waals surface area contributed by atoms with E-state index in [-0.39, 0.29) is 19.0 Å². The van der Waals surface area contributed by atoms with Crippen molar-refractivity contribution in [3.63, 3.8) is 0 Å². The van der Waals surface area contributed by atoms with Crippen molar-refractivity contribution >= 4 is 20.0 Å². The molecule has 15 heavy (non-hydrogen) atoms. The lowest BCUT2D eigenvalue weighted by Crippen LogP contribution is -2.20. The van der Waals surface area contributed by atoms with Gasteiger partial charge in [-0.1, -0.05) is 0 Å². The highest BCUT2D eigenvalue weighted by molar-refractivity contribution is 7.38. The molecule has 6 nitrogen and oxygen atoms in total. The molecule has 1 N–H and O–H groups in total. The molecule has 0 aromatic rings. The molecule has 0 saturated carbocycles. The Morgan fingerprint density at radius 3 is 2.33 bits per heavy atom. The summed E-state index contributed by atoms with van der Waals surface area (Å²) in [6.07, 6.45) is 0.0378. The molecule has 2 atom stereocenters. The van der Waals surface area contributed by atoms with Gasteiger partial charge in [0.25, 0.3) is 0 Å². The number of carbonyl (C=O) groups is 2. The second-order valence-electron chi connectivity index (χ2n) is 2.93. The van der Waals surface area contributed by atoms with Crippen LogP contribution in [-0.2, 0) is 23.6 Å². The van der Waals surface area contributed by atoms with Crippen LogP contribution in [0, 0.1) is 5.92 Å². The van der Waals surface area contributed by atoms with Gasteiger partial charge in [0, 0.05) is 12.6 Å². The van der Waals surface area contributed by atoms with E-state index in [1.165, 1.54) is 14.2 Å². The van der Waals surface area contributed by atoms with E-state index < -0.39 is 25.9 Å². The molecule has 2 unspecified atom stereocenters. The lowest BCUT2D eigenvalue weighted by molar-refractivity contribution is -0.146. The Hall–Kier alpha value is -0.870. The van der Waals surface area contributed by atoms with E-state index in [0.717, 1.165) is 0 Å². The Bertz CT molecular complexity index is 252. The maximum Gasteiger partial charge on any atom is 0.309 e. The van der Waals surface area contributed by atoms with Crippen LogP contribution in [0.2, 0.25) is 0 Å². The van der Waals surface area contributed by atoms with Crippen LogP contribution in [0.3, 0.4) is 0 Å². The second kappa shape index (κ2) is 7.43. The third kappa shape index (κ3) is 6.25. The van der Waals surface area contributed by atoms with Gasteiger partial charge < -0.3 is 14.4 Å². The van der Waals surface area contributed by atoms with Crippen LogP contribution in [0.1, 0.15) is 12.8 Å². The van der Waals surface area contributed by atoms with Gasteiger partial charge >= 0.3 is 11.9 Å². The zero-order valence-electron chi connectivity index (χ0n) is 8.69. The van der Waals surface area contributed by atoms with Crippen LogP contribution < -0.4 is 0 Å². The van der Waals surface area contributed by atoms with Crippen molar-refractivity contribution in [1.82, 2.24) is 0 Å². The number of hydrogen-bond acceptors (Lipinski definition) is 5. The van der Waals surface area contributed by atoms with Crippen LogP contribution >= 0.6 is 8.03 Å². The number of carbonyl (C=O) groups excluding carboxylic acids is 2. The fourth-order valence-corrected chi connectivity index (χ4v) is 1.87. The molecule has 0 aliphatic heterocycles. The van der Waals surface area contributed by atoms with Crippen molar-refractivity contribution in [2.75, 3.05) is 20.4 Å². The highest BCUT2D eigenvalue weighted by atomic mass is 31.1. The summed E-state index contributed by atoms with van der Waals surface area (Å²) in [5, 5.41) is 0. The van der Waals surface area contributed by atoms with Crippen molar-refractivity contribution in [3.05, 3.63) is 0 Å². The first-order valence-electron chi connectivity index (χ1n) is 4.37. The topological polar surface area (TPSA) is 89.9 Å². The molecule has 0 aliphatic rings. The van der Waals surface area contributed by atoms with E-state index in [0.29, 0.717) is 0 Å². The first kappa shape index (κ1) is 14.1. The molecule has 0 spiro atoms. The molecular weight excluding hydrogens is 223 g/mol. The standard InChI is InChI=1S/C8H15O6P/c1-13-7(9)4-3-6(5-15(11)12)8(10)14-2/h6,15H,3-5H2,1-2H3,(H,11,12). The Balaban J connectivity index is 4.18. The van der Waals surface area contributed by atoms with Crippen molar-refractivity contribution in [2.24, 2.45) is 5.92 Å². The van der Waals surface area contributed by atoms with Crippen molar-refractivity contribution in [2.45, 2.75) is 12.8 Å². The number of hydrogen-bond donors (Lipinski definition) is 1. The van der Waals surface area contributed by atoms with Crippen molar-refractivity contribution in [3.8, 4) is 0 Å². The Kier molecular flexibility index (Phi) is 6.99. The van der Waals surface area contributed by atoms with E-state index in [1.54, 1.807) is 0 Å². The summed E-state index contributed by atoms with van der Waals surface area (Å²) in [5.41, 5.74) is 0. The molecular formula is C8H15O6P. The normalized spacial score (nSPS) is 14.1. The third-order valence-electron chi connectivity index (χ3n) is 1.88. The first-order chi connectivity index (χ1) is 7.01. The lowest BCUT2D eigenvalue weighted by Gasteiger charge is -2.11. The Morgan fingerprint density at radius 1 is 1.33 bits per heavy atom. The molecule has 0 amide bonds. The monoisotopic (exact) mass is 238 g/mol. The Labute approximate surface area is 88.4 Å². The smallest absolute Gasteiger partial charge is 0.309 e. The average Bonchev–Trinajstić information content (AvgIpc) is 2.21. The summed E-state index contributed by atoms with van der Waals surface area (Å²) < 4.78 is 19.5. The van der Waals surface area contributed by atoms with Gasteiger partial charge in [0.15, 0.2) is 8.03 Å². The summed E-state index contributed by atoms with van der Waals surface area (Å²) in [4.78, 5) is 30.7. The third-order valence-corrected chi connectivity index (χ3v) is 2.72. The van der Waals surface area contributed by atoms with Gasteiger partial charge in [0.2, 0.25) is 0 Å². The summed E-state index contributed by atoms with van der Waals surface area (Å²) in [7, 11) is -0.308. The molecule has 0 heterocycles. The van der Waals surface area contributed by atoms with Crippen LogP contribution in [-0.4, -0.2) is 37.2 Å². The Morgan fingerprint density at radius 2 is 1.93 bits per heavy atom. The van der Waals surface area contributed by atoms with Crippen LogP contribution in [0.4, 0.5) is 0 Å².